The number of carbonyl (C=O) groups is 1. The monoisotopic (exact) mass is 145 g/mol. The highest BCUT2D eigenvalue weighted by Gasteiger charge is 2.16. The van der Waals surface area contributed by atoms with Gasteiger partial charge in [-0.15, -0.1) is 0 Å². The first-order chi connectivity index (χ1) is 4.63. The molecule has 0 heterocycles. The third-order valence-corrected chi connectivity index (χ3v) is 1.67. The number of hydrogen-bond donors (Lipinski definition) is 1. The molecule has 2 nitrogen and oxygen atoms in total. The molecule has 0 fully saturated rings. The maximum atomic E-state index is 11.2. The van der Waals surface area contributed by atoms with Gasteiger partial charge in [0.05, 0.1) is 6.04 Å². The summed E-state index contributed by atoms with van der Waals surface area (Å²) in [6.45, 7) is 5.88. The Balaban J connectivity index is 0. The summed E-state index contributed by atoms with van der Waals surface area (Å²) in [7, 11) is 1.83. The fraction of sp³-hybridized carbons (Fsp3) is 0.875. The first kappa shape index (κ1) is 9.63. The Hall–Kier alpha value is -0.370. The lowest BCUT2D eigenvalue weighted by Crippen LogP contribution is -2.35. The van der Waals surface area contributed by atoms with Crippen LogP contribution >= 0.6 is 0 Å². The quantitative estimate of drug-likeness (QED) is 0.649. The molecule has 0 radical (unpaired) electrons. The summed E-state index contributed by atoms with van der Waals surface area (Å²) in [5.74, 6) is 0.461. The third-order valence-electron chi connectivity index (χ3n) is 1.67. The van der Waals surface area contributed by atoms with E-state index in [-0.39, 0.29) is 13.4 Å². The summed E-state index contributed by atoms with van der Waals surface area (Å²) in [5.41, 5.74) is 0. The van der Waals surface area contributed by atoms with Crippen molar-refractivity contribution in [1.29, 1.82) is 0 Å². The highest BCUT2D eigenvalue weighted by atomic mass is 16.1. The Morgan fingerprint density at radius 3 is 2.20 bits per heavy atom. The molecule has 1 unspecified atom stereocenters. The zero-order valence-electron chi connectivity index (χ0n) is 7.27. The van der Waals surface area contributed by atoms with Gasteiger partial charge in [0.15, 0.2) is 5.78 Å². The van der Waals surface area contributed by atoms with Crippen molar-refractivity contribution in [2.24, 2.45) is 5.92 Å². The van der Waals surface area contributed by atoms with Crippen molar-refractivity contribution in [1.82, 2.24) is 5.32 Å². The van der Waals surface area contributed by atoms with Crippen LogP contribution in [0.2, 0.25) is 0 Å². The summed E-state index contributed by atoms with van der Waals surface area (Å²) in [5, 5.41) is 2.98. The van der Waals surface area contributed by atoms with Crippen LogP contribution in [0.25, 0.3) is 0 Å². The molecule has 0 saturated heterocycles. The van der Waals surface area contributed by atoms with Crippen molar-refractivity contribution >= 4 is 5.78 Å². The first-order valence-electron chi connectivity index (χ1n) is 3.84. The molecule has 0 bridgehead atoms. The van der Waals surface area contributed by atoms with Crippen LogP contribution in [-0.2, 0) is 4.79 Å². The minimum atomic E-state index is 0. The molecule has 10 heavy (non-hydrogen) atoms. The standard InChI is InChI=1S/C8H17NO.H2/c1-5-7(9-4)8(10)6(2)3;/h6-7,9H,5H2,1-4H3;1H. The van der Waals surface area contributed by atoms with Crippen LogP contribution in [0, 0.1) is 5.92 Å². The molecule has 0 aliphatic heterocycles. The lowest BCUT2D eigenvalue weighted by atomic mass is 10.0. The number of ketones is 1. The van der Waals surface area contributed by atoms with Crippen molar-refractivity contribution in [3.63, 3.8) is 0 Å². The van der Waals surface area contributed by atoms with Crippen molar-refractivity contribution < 1.29 is 6.22 Å². The number of rotatable bonds is 4. The number of hydrogen-bond acceptors (Lipinski definition) is 2. The minimum Gasteiger partial charge on any atom is -0.311 e. The van der Waals surface area contributed by atoms with Crippen LogP contribution in [0.3, 0.4) is 0 Å². The lowest BCUT2D eigenvalue weighted by Gasteiger charge is -2.14. The van der Waals surface area contributed by atoms with E-state index in [1.807, 2.05) is 27.8 Å². The Morgan fingerprint density at radius 2 is 2.10 bits per heavy atom. The normalized spacial score (nSPS) is 13.7. The van der Waals surface area contributed by atoms with Gasteiger partial charge in [0, 0.05) is 7.34 Å². The van der Waals surface area contributed by atoms with E-state index in [0.717, 1.165) is 6.42 Å². The zero-order valence-corrected chi connectivity index (χ0v) is 7.27. The Bertz CT molecular complexity index is 111. The van der Waals surface area contributed by atoms with Gasteiger partial charge in [0.2, 0.25) is 0 Å². The van der Waals surface area contributed by atoms with Crippen molar-refractivity contribution in [3.05, 3.63) is 0 Å². The maximum Gasteiger partial charge on any atom is 0.152 e. The molecule has 0 aromatic heterocycles. The molecule has 62 valence electrons. The van der Waals surface area contributed by atoms with Crippen LogP contribution in [0.4, 0.5) is 0 Å². The lowest BCUT2D eigenvalue weighted by molar-refractivity contribution is -0.123. The predicted octanol–water partition coefficient (Wildman–Crippen LogP) is 1.46. The molecule has 1 N–H and O–H groups in total. The number of carbonyl (C=O) groups excluding carboxylic acids is 1. The van der Waals surface area contributed by atoms with E-state index in [4.69, 9.17) is 0 Å². The van der Waals surface area contributed by atoms with Gasteiger partial charge in [-0.25, -0.2) is 0 Å². The Labute approximate surface area is 64.5 Å². The van der Waals surface area contributed by atoms with Gasteiger partial charge in [-0.1, -0.05) is 20.8 Å². The van der Waals surface area contributed by atoms with E-state index in [1.54, 1.807) is 0 Å². The van der Waals surface area contributed by atoms with Gasteiger partial charge in [-0.05, 0) is 13.5 Å². The van der Waals surface area contributed by atoms with E-state index in [2.05, 4.69) is 5.32 Å². The molecular formula is C8H19NO. The van der Waals surface area contributed by atoms with Crippen LogP contribution in [0.1, 0.15) is 28.6 Å². The Kier molecular flexibility index (Phi) is 4.28. The average molecular weight is 145 g/mol. The van der Waals surface area contributed by atoms with Crippen LogP contribution in [0.15, 0.2) is 0 Å². The first-order valence-corrected chi connectivity index (χ1v) is 3.84. The van der Waals surface area contributed by atoms with Gasteiger partial charge < -0.3 is 5.32 Å². The average Bonchev–Trinajstić information content (AvgIpc) is 1.90. The molecule has 0 aliphatic carbocycles. The topological polar surface area (TPSA) is 29.1 Å². The van der Waals surface area contributed by atoms with E-state index in [1.165, 1.54) is 0 Å². The van der Waals surface area contributed by atoms with Gasteiger partial charge in [0.1, 0.15) is 0 Å². The second kappa shape index (κ2) is 4.45. The van der Waals surface area contributed by atoms with Gasteiger partial charge >= 0.3 is 0 Å². The number of Topliss-reactive ketones (excluding diaryl/α,β-unsaturated/α-hetero) is 1. The summed E-state index contributed by atoms with van der Waals surface area (Å²) in [6, 6.07) is 0.0556. The largest absolute Gasteiger partial charge is 0.311 e. The zero-order chi connectivity index (χ0) is 8.15. The maximum absolute atomic E-state index is 11.2. The fourth-order valence-electron chi connectivity index (χ4n) is 0.950. The smallest absolute Gasteiger partial charge is 0.152 e. The molecule has 0 amide bonds. The summed E-state index contributed by atoms with van der Waals surface area (Å²) in [6.07, 6.45) is 0.882. The molecule has 0 aliphatic rings. The SMILES string of the molecule is CCC(NC)C(=O)C(C)C.[HH]. The van der Waals surface area contributed by atoms with E-state index < -0.39 is 0 Å². The highest BCUT2D eigenvalue weighted by molar-refractivity contribution is 5.85. The predicted molar refractivity (Wildman–Crippen MR) is 45.1 cm³/mol. The molecule has 0 rings (SSSR count). The molecule has 2 heteroatoms. The van der Waals surface area contributed by atoms with Crippen LogP contribution < -0.4 is 5.32 Å². The number of nitrogens with one attached hydrogen (secondary N) is 1. The molecule has 0 saturated carbocycles. The van der Waals surface area contributed by atoms with Crippen molar-refractivity contribution in [3.8, 4) is 0 Å². The third kappa shape index (κ3) is 2.48. The summed E-state index contributed by atoms with van der Waals surface area (Å²) in [4.78, 5) is 11.2. The Morgan fingerprint density at radius 1 is 1.60 bits per heavy atom. The molecule has 0 aromatic carbocycles. The summed E-state index contributed by atoms with van der Waals surface area (Å²) < 4.78 is 0. The molecule has 0 spiro atoms. The summed E-state index contributed by atoms with van der Waals surface area (Å²) >= 11 is 0. The molecule has 0 aromatic rings. The second-order valence-electron chi connectivity index (χ2n) is 2.81. The van der Waals surface area contributed by atoms with Gasteiger partial charge in [-0.2, -0.15) is 0 Å². The van der Waals surface area contributed by atoms with Gasteiger partial charge in [0.25, 0.3) is 0 Å². The van der Waals surface area contributed by atoms with Crippen molar-refractivity contribution in [2.45, 2.75) is 33.2 Å². The molecule has 1 atom stereocenters. The highest BCUT2D eigenvalue weighted by Crippen LogP contribution is 2.01. The van der Waals surface area contributed by atoms with E-state index >= 15 is 0 Å². The van der Waals surface area contributed by atoms with Gasteiger partial charge in [-0.3, -0.25) is 4.79 Å². The van der Waals surface area contributed by atoms with Crippen molar-refractivity contribution in [2.75, 3.05) is 7.05 Å². The van der Waals surface area contributed by atoms with E-state index in [9.17, 15) is 4.79 Å². The minimum absolute atomic E-state index is 0. The number of likely N-dealkylation sites (N-methyl/N-ethyl adjacent to an activating group) is 1. The fourth-order valence-corrected chi connectivity index (χ4v) is 0.950. The second-order valence-corrected chi connectivity index (χ2v) is 2.81. The molecular weight excluding hydrogens is 126 g/mol. The van der Waals surface area contributed by atoms with Crippen LogP contribution in [-0.4, -0.2) is 18.9 Å². The van der Waals surface area contributed by atoms with Crippen LogP contribution in [0.5, 0.6) is 0 Å². The van der Waals surface area contributed by atoms with E-state index in [0.29, 0.717) is 5.78 Å².